The van der Waals surface area contributed by atoms with Crippen LogP contribution in [0.4, 0.5) is 5.13 Å². The highest BCUT2D eigenvalue weighted by Crippen LogP contribution is 2.19. The number of pyridine rings is 1. The lowest BCUT2D eigenvalue weighted by Gasteiger charge is -2.36. The molecular weight excluding hydrogens is 473 g/mol. The minimum Gasteiger partial charge on any atom is -0.357 e. The van der Waals surface area contributed by atoms with Crippen LogP contribution in [0.15, 0.2) is 29.4 Å². The fourth-order valence-corrected chi connectivity index (χ4v) is 3.68. The third kappa shape index (κ3) is 6.27. The third-order valence-corrected chi connectivity index (χ3v) is 5.13. The van der Waals surface area contributed by atoms with Gasteiger partial charge in [-0.2, -0.15) is 4.37 Å². The molecule has 0 unspecified atom stereocenters. The van der Waals surface area contributed by atoms with Crippen molar-refractivity contribution >= 4 is 46.6 Å². The first kappa shape index (κ1) is 21.8. The smallest absolute Gasteiger partial charge is 0.205 e. The third-order valence-electron chi connectivity index (χ3n) is 4.31. The number of hydrogen-bond donors (Lipinski definition) is 1. The summed E-state index contributed by atoms with van der Waals surface area (Å²) < 4.78 is 4.40. The fourth-order valence-electron chi connectivity index (χ4n) is 2.87. The van der Waals surface area contributed by atoms with Crippen LogP contribution < -0.4 is 10.2 Å². The molecule has 7 nitrogen and oxygen atoms in total. The molecule has 1 aliphatic heterocycles. The standard InChI is InChI=1S/C18H27N7S.HI/c1-3-16-22-18(26-23-16)25-13-11-24(12-14-25)17(19-4-2)21-10-8-15-7-5-6-9-20-15;/h5-7,9H,3-4,8,10-14H2,1-2H3,(H,19,21);1H. The summed E-state index contributed by atoms with van der Waals surface area (Å²) in [5.41, 5.74) is 1.08. The van der Waals surface area contributed by atoms with E-state index in [2.05, 4.69) is 43.3 Å². The van der Waals surface area contributed by atoms with Crippen LogP contribution in [0.3, 0.4) is 0 Å². The van der Waals surface area contributed by atoms with E-state index in [9.17, 15) is 0 Å². The fraction of sp³-hybridized carbons (Fsp3) is 0.556. The topological polar surface area (TPSA) is 69.5 Å². The van der Waals surface area contributed by atoms with Gasteiger partial charge in [0.25, 0.3) is 0 Å². The quantitative estimate of drug-likeness (QED) is 0.373. The number of nitrogens with one attached hydrogen (secondary N) is 1. The Morgan fingerprint density at radius 2 is 2.04 bits per heavy atom. The summed E-state index contributed by atoms with van der Waals surface area (Å²) in [7, 11) is 0. The lowest BCUT2D eigenvalue weighted by molar-refractivity contribution is 0.372. The van der Waals surface area contributed by atoms with Crippen molar-refractivity contribution in [2.75, 3.05) is 44.2 Å². The summed E-state index contributed by atoms with van der Waals surface area (Å²) in [5, 5.41) is 4.46. The second-order valence-corrected chi connectivity index (χ2v) is 6.86. The molecule has 0 spiro atoms. The van der Waals surface area contributed by atoms with Crippen LogP contribution >= 0.6 is 35.5 Å². The molecule has 1 saturated heterocycles. The minimum atomic E-state index is 0. The van der Waals surface area contributed by atoms with E-state index in [4.69, 9.17) is 4.99 Å². The molecule has 0 amide bonds. The SMILES string of the molecule is CCNC(=NCCc1ccccn1)N1CCN(c2nc(CC)ns2)CC1.I. The summed E-state index contributed by atoms with van der Waals surface area (Å²) >= 11 is 1.51. The highest BCUT2D eigenvalue weighted by atomic mass is 127. The molecule has 9 heteroatoms. The van der Waals surface area contributed by atoms with Gasteiger partial charge in [0.1, 0.15) is 5.82 Å². The second kappa shape index (κ2) is 11.4. The average molecular weight is 501 g/mol. The Morgan fingerprint density at radius 3 is 2.67 bits per heavy atom. The number of aliphatic imine (C=N–C) groups is 1. The van der Waals surface area contributed by atoms with Crippen LogP contribution in [0.5, 0.6) is 0 Å². The molecule has 0 saturated carbocycles. The van der Waals surface area contributed by atoms with Crippen LogP contribution in [-0.2, 0) is 12.8 Å². The van der Waals surface area contributed by atoms with Crippen molar-refractivity contribution in [1.82, 2.24) is 24.6 Å². The van der Waals surface area contributed by atoms with Crippen molar-refractivity contribution in [3.63, 3.8) is 0 Å². The van der Waals surface area contributed by atoms with Gasteiger partial charge >= 0.3 is 0 Å². The van der Waals surface area contributed by atoms with E-state index in [1.165, 1.54) is 11.5 Å². The van der Waals surface area contributed by atoms with E-state index in [1.54, 1.807) is 0 Å². The van der Waals surface area contributed by atoms with Crippen molar-refractivity contribution in [3.8, 4) is 0 Å². The minimum absolute atomic E-state index is 0. The van der Waals surface area contributed by atoms with Gasteiger partial charge in [-0.25, -0.2) is 4.98 Å². The van der Waals surface area contributed by atoms with Crippen molar-refractivity contribution in [2.45, 2.75) is 26.7 Å². The van der Waals surface area contributed by atoms with Crippen LogP contribution in [0, 0.1) is 0 Å². The Bertz CT molecular complexity index is 699. The Balaban J connectivity index is 0.00000261. The summed E-state index contributed by atoms with van der Waals surface area (Å²) in [6, 6.07) is 6.01. The summed E-state index contributed by atoms with van der Waals surface area (Å²) in [6.07, 6.45) is 3.59. The summed E-state index contributed by atoms with van der Waals surface area (Å²) in [6.45, 7) is 9.60. The van der Waals surface area contributed by atoms with Crippen molar-refractivity contribution in [3.05, 3.63) is 35.9 Å². The number of guanidine groups is 1. The molecule has 2 aromatic heterocycles. The molecule has 2 aromatic rings. The molecule has 0 bridgehead atoms. The van der Waals surface area contributed by atoms with Crippen LogP contribution in [0.2, 0.25) is 0 Å². The van der Waals surface area contributed by atoms with Crippen LogP contribution in [-0.4, -0.2) is 64.5 Å². The van der Waals surface area contributed by atoms with Crippen molar-refractivity contribution in [1.29, 1.82) is 0 Å². The van der Waals surface area contributed by atoms with E-state index in [1.807, 2.05) is 24.4 Å². The van der Waals surface area contributed by atoms with Gasteiger partial charge in [0.15, 0.2) is 5.96 Å². The zero-order valence-electron chi connectivity index (χ0n) is 16.0. The summed E-state index contributed by atoms with van der Waals surface area (Å²) in [5.74, 6) is 1.94. The molecule has 27 heavy (non-hydrogen) atoms. The van der Waals surface area contributed by atoms with Crippen LogP contribution in [0.25, 0.3) is 0 Å². The van der Waals surface area contributed by atoms with E-state index in [0.717, 1.165) is 74.7 Å². The predicted molar refractivity (Wildman–Crippen MR) is 122 cm³/mol. The normalized spacial score (nSPS) is 14.8. The van der Waals surface area contributed by atoms with Gasteiger partial charge in [-0.05, 0) is 19.1 Å². The number of hydrogen-bond acceptors (Lipinski definition) is 6. The Labute approximate surface area is 182 Å². The van der Waals surface area contributed by atoms with Gasteiger partial charge in [-0.3, -0.25) is 9.98 Å². The number of nitrogens with zero attached hydrogens (tertiary/aromatic N) is 6. The molecule has 1 fully saturated rings. The monoisotopic (exact) mass is 501 g/mol. The Kier molecular flexibility index (Phi) is 9.19. The zero-order chi connectivity index (χ0) is 18.2. The maximum atomic E-state index is 4.80. The molecule has 3 heterocycles. The highest BCUT2D eigenvalue weighted by molar-refractivity contribution is 14.0. The zero-order valence-corrected chi connectivity index (χ0v) is 19.1. The van der Waals surface area contributed by atoms with Gasteiger partial charge in [0, 0.05) is 75.5 Å². The first-order chi connectivity index (χ1) is 12.8. The highest BCUT2D eigenvalue weighted by Gasteiger charge is 2.21. The number of anilines is 1. The number of halogens is 1. The number of aromatic nitrogens is 3. The van der Waals surface area contributed by atoms with Gasteiger partial charge in [-0.15, -0.1) is 24.0 Å². The van der Waals surface area contributed by atoms with E-state index in [0.29, 0.717) is 0 Å². The molecule has 0 aromatic carbocycles. The second-order valence-electron chi connectivity index (χ2n) is 6.13. The first-order valence-electron chi connectivity index (χ1n) is 9.30. The van der Waals surface area contributed by atoms with Gasteiger partial charge in [0.2, 0.25) is 5.13 Å². The molecule has 0 atom stereocenters. The number of piperazine rings is 1. The van der Waals surface area contributed by atoms with Gasteiger partial charge < -0.3 is 15.1 Å². The molecular formula is C18H28IN7S. The summed E-state index contributed by atoms with van der Waals surface area (Å²) in [4.78, 5) is 18.4. The Hall–Kier alpha value is -1.49. The molecule has 1 aliphatic rings. The lowest BCUT2D eigenvalue weighted by atomic mass is 10.3. The van der Waals surface area contributed by atoms with Gasteiger partial charge in [0.05, 0.1) is 0 Å². The average Bonchev–Trinajstić information content (AvgIpc) is 3.18. The maximum absolute atomic E-state index is 4.80. The molecule has 3 rings (SSSR count). The van der Waals surface area contributed by atoms with E-state index < -0.39 is 0 Å². The predicted octanol–water partition coefficient (Wildman–Crippen LogP) is 2.44. The first-order valence-corrected chi connectivity index (χ1v) is 10.1. The Morgan fingerprint density at radius 1 is 1.22 bits per heavy atom. The molecule has 0 radical (unpaired) electrons. The lowest BCUT2D eigenvalue weighted by Crippen LogP contribution is -2.52. The van der Waals surface area contributed by atoms with E-state index in [-0.39, 0.29) is 24.0 Å². The molecule has 0 aliphatic carbocycles. The largest absolute Gasteiger partial charge is 0.357 e. The molecule has 148 valence electrons. The number of rotatable bonds is 6. The van der Waals surface area contributed by atoms with Crippen molar-refractivity contribution in [2.24, 2.45) is 4.99 Å². The van der Waals surface area contributed by atoms with Gasteiger partial charge in [-0.1, -0.05) is 13.0 Å². The number of aryl methyl sites for hydroxylation is 1. The van der Waals surface area contributed by atoms with Crippen LogP contribution in [0.1, 0.15) is 25.4 Å². The molecule has 1 N–H and O–H groups in total. The van der Waals surface area contributed by atoms with E-state index >= 15 is 0 Å². The maximum Gasteiger partial charge on any atom is 0.205 e. The van der Waals surface area contributed by atoms with Crippen molar-refractivity contribution < 1.29 is 0 Å².